The van der Waals surface area contributed by atoms with Crippen molar-refractivity contribution in [1.29, 1.82) is 0 Å². The van der Waals surface area contributed by atoms with Gasteiger partial charge in [0.15, 0.2) is 0 Å². The van der Waals surface area contributed by atoms with Gasteiger partial charge in [-0.15, -0.1) is 0 Å². The summed E-state index contributed by atoms with van der Waals surface area (Å²) in [6.45, 7) is 3.08. The molecule has 11 heavy (non-hydrogen) atoms. The van der Waals surface area contributed by atoms with E-state index in [1.54, 1.807) is 0 Å². The lowest BCUT2D eigenvalue weighted by molar-refractivity contribution is 0.149. The van der Waals surface area contributed by atoms with Crippen molar-refractivity contribution in [3.8, 4) is 0 Å². The van der Waals surface area contributed by atoms with Crippen LogP contribution < -0.4 is 5.43 Å². The maximum atomic E-state index is 3.33. The van der Waals surface area contributed by atoms with Crippen LogP contribution in [0.4, 0.5) is 0 Å². The summed E-state index contributed by atoms with van der Waals surface area (Å²) in [7, 11) is 6.18. The summed E-state index contributed by atoms with van der Waals surface area (Å²) >= 11 is 0. The van der Waals surface area contributed by atoms with E-state index < -0.39 is 0 Å². The third-order valence-corrected chi connectivity index (χ3v) is 1.67. The van der Waals surface area contributed by atoms with Gasteiger partial charge in [0.2, 0.25) is 0 Å². The lowest BCUT2D eigenvalue weighted by Gasteiger charge is -2.22. The van der Waals surface area contributed by atoms with Crippen LogP contribution in [0.15, 0.2) is 11.6 Å². The largest absolute Gasteiger partial charge is 0.296 e. The number of hydrogen-bond acceptors (Lipinski definition) is 3. The Morgan fingerprint density at radius 2 is 2.00 bits per heavy atom. The summed E-state index contributed by atoms with van der Waals surface area (Å²) in [6.07, 6.45) is 2.21. The first-order valence-corrected chi connectivity index (χ1v) is 3.90. The monoisotopic (exact) mass is 155 g/mol. The topological polar surface area (TPSA) is 18.5 Å². The van der Waals surface area contributed by atoms with Crippen LogP contribution in [-0.2, 0) is 0 Å². The second-order valence-corrected chi connectivity index (χ2v) is 3.44. The van der Waals surface area contributed by atoms with Gasteiger partial charge in [-0.1, -0.05) is 11.6 Å². The Hall–Kier alpha value is -0.380. The number of nitrogens with zero attached hydrogens (tertiary/aromatic N) is 2. The molecule has 0 radical (unpaired) electrons. The Balaban J connectivity index is 2.07. The van der Waals surface area contributed by atoms with Crippen LogP contribution in [0.3, 0.4) is 0 Å². The van der Waals surface area contributed by atoms with E-state index in [2.05, 4.69) is 49.5 Å². The number of nitrogens with one attached hydrogen (secondary N) is 1. The Bertz CT molecular complexity index is 163. The van der Waals surface area contributed by atoms with Crippen LogP contribution >= 0.6 is 0 Å². The van der Waals surface area contributed by atoms with Gasteiger partial charge in [-0.3, -0.25) is 4.90 Å². The molecule has 3 nitrogen and oxygen atoms in total. The van der Waals surface area contributed by atoms with Crippen LogP contribution in [0.2, 0.25) is 0 Å². The number of hydrazine groups is 1. The highest BCUT2D eigenvalue weighted by atomic mass is 15.5. The molecule has 0 fully saturated rings. The van der Waals surface area contributed by atoms with Gasteiger partial charge in [-0.25, -0.2) is 10.4 Å². The van der Waals surface area contributed by atoms with E-state index >= 15 is 0 Å². The molecule has 0 spiro atoms. The SMILES string of the molecule is CC1=CC1NN(C)CN(C)C. The zero-order valence-electron chi connectivity index (χ0n) is 7.76. The van der Waals surface area contributed by atoms with Crippen molar-refractivity contribution in [2.45, 2.75) is 13.0 Å². The molecule has 0 amide bonds. The summed E-state index contributed by atoms with van der Waals surface area (Å²) in [6, 6.07) is 0.528. The predicted molar refractivity (Wildman–Crippen MR) is 47.0 cm³/mol. The van der Waals surface area contributed by atoms with Gasteiger partial charge in [0.1, 0.15) is 0 Å². The summed E-state index contributed by atoms with van der Waals surface area (Å²) in [5, 5.41) is 2.09. The average Bonchev–Trinajstić information content (AvgIpc) is 2.43. The van der Waals surface area contributed by atoms with Crippen molar-refractivity contribution >= 4 is 0 Å². The molecule has 0 saturated carbocycles. The molecule has 0 saturated heterocycles. The molecule has 1 rings (SSSR count). The first-order valence-electron chi connectivity index (χ1n) is 3.90. The molecule has 1 unspecified atom stereocenters. The van der Waals surface area contributed by atoms with Crippen molar-refractivity contribution in [2.24, 2.45) is 0 Å². The van der Waals surface area contributed by atoms with Gasteiger partial charge in [-0.05, 0) is 21.0 Å². The number of hydrogen-bond donors (Lipinski definition) is 1. The molecule has 1 N–H and O–H groups in total. The molecule has 0 aromatic carbocycles. The molecule has 0 bridgehead atoms. The van der Waals surface area contributed by atoms with E-state index in [0.717, 1.165) is 6.67 Å². The molecule has 0 aliphatic heterocycles. The Kier molecular flexibility index (Phi) is 2.65. The highest BCUT2D eigenvalue weighted by Gasteiger charge is 2.20. The van der Waals surface area contributed by atoms with E-state index in [1.165, 1.54) is 5.57 Å². The van der Waals surface area contributed by atoms with Crippen LogP contribution in [0.5, 0.6) is 0 Å². The summed E-state index contributed by atoms with van der Waals surface area (Å²) < 4.78 is 0. The molecule has 1 atom stereocenters. The quantitative estimate of drug-likeness (QED) is 0.357. The van der Waals surface area contributed by atoms with Crippen molar-refractivity contribution in [3.05, 3.63) is 11.6 Å². The fourth-order valence-electron chi connectivity index (χ4n) is 1.06. The Labute approximate surface area is 68.6 Å². The maximum Gasteiger partial charge on any atom is 0.0638 e. The van der Waals surface area contributed by atoms with Crippen LogP contribution in [0, 0.1) is 0 Å². The minimum Gasteiger partial charge on any atom is -0.296 e. The highest BCUT2D eigenvalue weighted by Crippen LogP contribution is 2.17. The van der Waals surface area contributed by atoms with Gasteiger partial charge in [0.05, 0.1) is 12.7 Å². The lowest BCUT2D eigenvalue weighted by Crippen LogP contribution is -2.42. The molecule has 64 valence electrons. The molecule has 0 aromatic heterocycles. The second kappa shape index (κ2) is 3.34. The smallest absolute Gasteiger partial charge is 0.0638 e. The zero-order chi connectivity index (χ0) is 8.43. The summed E-state index contributed by atoms with van der Waals surface area (Å²) in [5.74, 6) is 0. The molecule has 0 heterocycles. The van der Waals surface area contributed by atoms with Gasteiger partial charge >= 0.3 is 0 Å². The minimum absolute atomic E-state index is 0.528. The molecular weight excluding hydrogens is 138 g/mol. The van der Waals surface area contributed by atoms with Crippen molar-refractivity contribution in [3.63, 3.8) is 0 Å². The van der Waals surface area contributed by atoms with Crippen molar-refractivity contribution < 1.29 is 0 Å². The third-order valence-electron chi connectivity index (χ3n) is 1.67. The Morgan fingerprint density at radius 3 is 2.36 bits per heavy atom. The minimum atomic E-state index is 0.528. The van der Waals surface area contributed by atoms with E-state index in [4.69, 9.17) is 0 Å². The van der Waals surface area contributed by atoms with Gasteiger partial charge in [0.25, 0.3) is 0 Å². The average molecular weight is 155 g/mol. The first-order chi connectivity index (χ1) is 5.09. The first kappa shape index (κ1) is 8.71. The van der Waals surface area contributed by atoms with Crippen LogP contribution in [0.1, 0.15) is 6.92 Å². The molecular formula is C8H17N3. The van der Waals surface area contributed by atoms with Gasteiger partial charge in [-0.2, -0.15) is 0 Å². The van der Waals surface area contributed by atoms with Crippen LogP contribution in [-0.4, -0.2) is 43.8 Å². The molecule has 1 aliphatic rings. The van der Waals surface area contributed by atoms with E-state index in [0.29, 0.717) is 6.04 Å². The molecule has 3 heteroatoms. The number of rotatable bonds is 4. The standard InChI is InChI=1S/C8H17N3/c1-7-5-8(7)9-11(4)6-10(2)3/h5,8-9H,6H2,1-4H3. The maximum absolute atomic E-state index is 3.33. The zero-order valence-corrected chi connectivity index (χ0v) is 7.76. The van der Waals surface area contributed by atoms with E-state index in [9.17, 15) is 0 Å². The molecule has 1 aliphatic carbocycles. The Morgan fingerprint density at radius 1 is 1.45 bits per heavy atom. The lowest BCUT2D eigenvalue weighted by atomic mass is 10.5. The second-order valence-electron chi connectivity index (χ2n) is 3.44. The third kappa shape index (κ3) is 3.01. The predicted octanol–water partition coefficient (Wildman–Crippen LogP) is 0.270. The fourth-order valence-corrected chi connectivity index (χ4v) is 1.06. The summed E-state index contributed by atoms with van der Waals surface area (Å²) in [4.78, 5) is 2.13. The van der Waals surface area contributed by atoms with Gasteiger partial charge in [0, 0.05) is 7.05 Å². The summed E-state index contributed by atoms with van der Waals surface area (Å²) in [5.41, 5.74) is 4.77. The van der Waals surface area contributed by atoms with Crippen molar-refractivity contribution in [1.82, 2.24) is 15.3 Å². The van der Waals surface area contributed by atoms with E-state index in [-0.39, 0.29) is 0 Å². The highest BCUT2D eigenvalue weighted by molar-refractivity contribution is 5.31. The van der Waals surface area contributed by atoms with E-state index in [1.807, 2.05) is 0 Å². The molecule has 0 aromatic rings. The normalized spacial score (nSPS) is 22.7. The van der Waals surface area contributed by atoms with Crippen LogP contribution in [0.25, 0.3) is 0 Å². The fraction of sp³-hybridized carbons (Fsp3) is 0.750. The van der Waals surface area contributed by atoms with Gasteiger partial charge < -0.3 is 0 Å². The van der Waals surface area contributed by atoms with Crippen molar-refractivity contribution in [2.75, 3.05) is 27.8 Å².